The van der Waals surface area contributed by atoms with E-state index in [1.807, 2.05) is 26.0 Å². The lowest BCUT2D eigenvalue weighted by molar-refractivity contribution is 0.133. The monoisotopic (exact) mass is 335 g/mol. The van der Waals surface area contributed by atoms with Gasteiger partial charge in [-0.2, -0.15) is 0 Å². The van der Waals surface area contributed by atoms with Gasteiger partial charge in [-0.3, -0.25) is 0 Å². The molecule has 0 saturated heterocycles. The van der Waals surface area contributed by atoms with E-state index in [0.717, 1.165) is 51.7 Å². The summed E-state index contributed by atoms with van der Waals surface area (Å²) in [5, 5.41) is 6.68. The van der Waals surface area contributed by atoms with Crippen molar-refractivity contribution in [2.75, 3.05) is 32.9 Å². The van der Waals surface area contributed by atoms with Crippen LogP contribution in [0.15, 0.2) is 29.3 Å². The molecule has 0 spiro atoms. The average molecular weight is 335 g/mol. The highest BCUT2D eigenvalue weighted by atomic mass is 16.5. The van der Waals surface area contributed by atoms with Crippen molar-refractivity contribution in [2.24, 2.45) is 4.99 Å². The van der Waals surface area contributed by atoms with Crippen LogP contribution in [-0.4, -0.2) is 38.9 Å². The molecule has 0 aliphatic heterocycles. The molecule has 0 fully saturated rings. The summed E-state index contributed by atoms with van der Waals surface area (Å²) in [4.78, 5) is 4.69. The predicted octanol–water partition coefficient (Wildman–Crippen LogP) is 3.09. The molecule has 0 aliphatic rings. The zero-order valence-corrected chi connectivity index (χ0v) is 15.4. The van der Waals surface area contributed by atoms with Gasteiger partial charge in [-0.05, 0) is 44.7 Å². The second kappa shape index (κ2) is 13.8. The number of hydrogen-bond acceptors (Lipinski definition) is 3. The molecule has 0 amide bonds. The van der Waals surface area contributed by atoms with Crippen LogP contribution in [0.2, 0.25) is 0 Å². The zero-order chi connectivity index (χ0) is 17.5. The van der Waals surface area contributed by atoms with E-state index in [9.17, 15) is 0 Å². The number of guanidine groups is 1. The quantitative estimate of drug-likeness (QED) is 0.350. The SMILES string of the molecule is CCNC(=NCc1ccccc1COCC)NCCCCOCC. The van der Waals surface area contributed by atoms with E-state index in [1.54, 1.807) is 0 Å². The molecule has 2 N–H and O–H groups in total. The van der Waals surface area contributed by atoms with Crippen LogP contribution in [0.1, 0.15) is 44.7 Å². The first kappa shape index (κ1) is 20.5. The van der Waals surface area contributed by atoms with E-state index in [2.05, 4.69) is 29.7 Å². The minimum atomic E-state index is 0.642. The van der Waals surface area contributed by atoms with Crippen LogP contribution in [0.3, 0.4) is 0 Å². The molecule has 5 heteroatoms. The van der Waals surface area contributed by atoms with Gasteiger partial charge < -0.3 is 20.1 Å². The largest absolute Gasteiger partial charge is 0.382 e. The first-order valence-electron chi connectivity index (χ1n) is 9.06. The molecule has 0 saturated carbocycles. The Morgan fingerprint density at radius 2 is 1.71 bits per heavy atom. The highest BCUT2D eigenvalue weighted by molar-refractivity contribution is 5.79. The second-order valence-corrected chi connectivity index (χ2v) is 5.43. The zero-order valence-electron chi connectivity index (χ0n) is 15.4. The Bertz CT molecular complexity index is 464. The molecule has 24 heavy (non-hydrogen) atoms. The van der Waals surface area contributed by atoms with Gasteiger partial charge in [0, 0.05) is 32.9 Å². The maximum Gasteiger partial charge on any atom is 0.191 e. The van der Waals surface area contributed by atoms with Gasteiger partial charge in [0.25, 0.3) is 0 Å². The number of aliphatic imine (C=N–C) groups is 1. The third kappa shape index (κ3) is 8.89. The van der Waals surface area contributed by atoms with Crippen LogP contribution in [0.5, 0.6) is 0 Å². The first-order valence-corrected chi connectivity index (χ1v) is 9.06. The molecule has 0 heterocycles. The molecule has 0 atom stereocenters. The first-order chi connectivity index (χ1) is 11.8. The molecule has 1 aromatic carbocycles. The van der Waals surface area contributed by atoms with Gasteiger partial charge in [-0.1, -0.05) is 24.3 Å². The Labute approximate surface area is 146 Å². The number of nitrogens with zero attached hydrogens (tertiary/aromatic N) is 1. The fraction of sp³-hybridized carbons (Fsp3) is 0.632. The molecule has 0 aliphatic carbocycles. The van der Waals surface area contributed by atoms with Gasteiger partial charge in [-0.25, -0.2) is 4.99 Å². The molecule has 1 aromatic rings. The van der Waals surface area contributed by atoms with Crippen molar-refractivity contribution in [2.45, 2.75) is 46.8 Å². The van der Waals surface area contributed by atoms with Gasteiger partial charge in [0.05, 0.1) is 13.2 Å². The van der Waals surface area contributed by atoms with E-state index in [-0.39, 0.29) is 0 Å². The highest BCUT2D eigenvalue weighted by Gasteiger charge is 2.02. The molecule has 0 radical (unpaired) electrons. The smallest absolute Gasteiger partial charge is 0.191 e. The lowest BCUT2D eigenvalue weighted by Crippen LogP contribution is -2.37. The summed E-state index contributed by atoms with van der Waals surface area (Å²) in [6.07, 6.45) is 2.14. The third-order valence-electron chi connectivity index (χ3n) is 3.54. The lowest BCUT2D eigenvalue weighted by atomic mass is 10.1. The predicted molar refractivity (Wildman–Crippen MR) is 100 cm³/mol. The summed E-state index contributed by atoms with van der Waals surface area (Å²) in [5.74, 6) is 0.861. The van der Waals surface area contributed by atoms with E-state index in [0.29, 0.717) is 13.2 Å². The highest BCUT2D eigenvalue weighted by Crippen LogP contribution is 2.11. The lowest BCUT2D eigenvalue weighted by Gasteiger charge is -2.12. The Morgan fingerprint density at radius 3 is 2.42 bits per heavy atom. The average Bonchev–Trinajstić information content (AvgIpc) is 2.61. The van der Waals surface area contributed by atoms with Gasteiger partial charge in [0.1, 0.15) is 0 Å². The maximum atomic E-state index is 5.53. The Balaban J connectivity index is 2.50. The van der Waals surface area contributed by atoms with E-state index in [4.69, 9.17) is 14.5 Å². The van der Waals surface area contributed by atoms with Crippen molar-refractivity contribution in [1.82, 2.24) is 10.6 Å². The number of nitrogens with one attached hydrogen (secondary N) is 2. The summed E-state index contributed by atoms with van der Waals surface area (Å²) >= 11 is 0. The summed E-state index contributed by atoms with van der Waals surface area (Å²) in [7, 11) is 0. The fourth-order valence-corrected chi connectivity index (χ4v) is 2.25. The Hall–Kier alpha value is -1.59. The van der Waals surface area contributed by atoms with Crippen LogP contribution in [0.4, 0.5) is 0 Å². The molecule has 136 valence electrons. The van der Waals surface area contributed by atoms with Crippen molar-refractivity contribution in [3.8, 4) is 0 Å². The maximum absolute atomic E-state index is 5.53. The summed E-state index contributed by atoms with van der Waals surface area (Å²) in [6.45, 7) is 11.5. The summed E-state index contributed by atoms with van der Waals surface area (Å²) in [6, 6.07) is 8.32. The number of benzene rings is 1. The minimum absolute atomic E-state index is 0.642. The molecular weight excluding hydrogens is 302 g/mol. The van der Waals surface area contributed by atoms with Crippen molar-refractivity contribution >= 4 is 5.96 Å². The van der Waals surface area contributed by atoms with Crippen LogP contribution < -0.4 is 10.6 Å². The van der Waals surface area contributed by atoms with Gasteiger partial charge in [0.2, 0.25) is 0 Å². The van der Waals surface area contributed by atoms with Crippen LogP contribution in [-0.2, 0) is 22.6 Å². The van der Waals surface area contributed by atoms with Crippen molar-refractivity contribution < 1.29 is 9.47 Å². The van der Waals surface area contributed by atoms with E-state index < -0.39 is 0 Å². The van der Waals surface area contributed by atoms with Crippen LogP contribution in [0, 0.1) is 0 Å². The minimum Gasteiger partial charge on any atom is -0.382 e. The van der Waals surface area contributed by atoms with E-state index in [1.165, 1.54) is 11.1 Å². The van der Waals surface area contributed by atoms with Crippen molar-refractivity contribution in [3.05, 3.63) is 35.4 Å². The van der Waals surface area contributed by atoms with E-state index >= 15 is 0 Å². The molecule has 0 aromatic heterocycles. The Morgan fingerprint density at radius 1 is 0.958 bits per heavy atom. The molecular formula is C19H33N3O2. The van der Waals surface area contributed by atoms with Gasteiger partial charge in [-0.15, -0.1) is 0 Å². The fourth-order valence-electron chi connectivity index (χ4n) is 2.25. The normalized spacial score (nSPS) is 11.5. The van der Waals surface area contributed by atoms with Gasteiger partial charge in [0.15, 0.2) is 5.96 Å². The topological polar surface area (TPSA) is 54.9 Å². The second-order valence-electron chi connectivity index (χ2n) is 5.43. The number of ether oxygens (including phenoxy) is 2. The summed E-state index contributed by atoms with van der Waals surface area (Å²) in [5.41, 5.74) is 2.41. The van der Waals surface area contributed by atoms with Gasteiger partial charge >= 0.3 is 0 Å². The standard InChI is InChI=1S/C19H33N3O2/c1-4-20-19(21-13-9-10-14-23-5-2)22-15-17-11-7-8-12-18(17)16-24-6-3/h7-8,11-12H,4-6,9-10,13-16H2,1-3H3,(H2,20,21,22). The number of unbranched alkanes of at least 4 members (excludes halogenated alkanes) is 1. The number of hydrogen-bond donors (Lipinski definition) is 2. The van der Waals surface area contributed by atoms with Crippen LogP contribution in [0.25, 0.3) is 0 Å². The molecule has 0 bridgehead atoms. The third-order valence-corrected chi connectivity index (χ3v) is 3.54. The summed E-state index contributed by atoms with van der Waals surface area (Å²) < 4.78 is 10.9. The van der Waals surface area contributed by atoms with Crippen molar-refractivity contribution in [1.29, 1.82) is 0 Å². The Kier molecular flexibility index (Phi) is 11.8. The molecule has 5 nitrogen and oxygen atoms in total. The molecule has 0 unspecified atom stereocenters. The molecule has 1 rings (SSSR count). The van der Waals surface area contributed by atoms with Crippen molar-refractivity contribution in [3.63, 3.8) is 0 Å². The number of rotatable bonds is 12. The van der Waals surface area contributed by atoms with Crippen LogP contribution >= 0.6 is 0 Å².